The van der Waals surface area contributed by atoms with Crippen molar-refractivity contribution in [1.29, 1.82) is 0 Å². The van der Waals surface area contributed by atoms with Crippen molar-refractivity contribution in [3.63, 3.8) is 0 Å². The number of amides is 1. The van der Waals surface area contributed by atoms with Crippen LogP contribution in [0.3, 0.4) is 0 Å². The largest absolute Gasteiger partial charge is 0.370 e. The Hall–Kier alpha value is -1.37. The number of carbonyl (C=O) groups is 1. The predicted octanol–water partition coefficient (Wildman–Crippen LogP) is 1.35. The molecule has 0 fully saturated rings. The van der Waals surface area contributed by atoms with E-state index in [4.69, 9.17) is 5.73 Å². The topological polar surface area (TPSA) is 92.9 Å². The molecule has 0 aliphatic rings. The molecule has 0 radical (unpaired) electrons. The third kappa shape index (κ3) is 4.99. The number of unbranched alkanes of at least 4 members (excludes halogenated alkanes) is 1. The minimum atomic E-state index is -0.259. The van der Waals surface area contributed by atoms with Crippen LogP contribution in [-0.2, 0) is 4.79 Å². The fourth-order valence-electron chi connectivity index (χ4n) is 1.24. The summed E-state index contributed by atoms with van der Waals surface area (Å²) >= 11 is 3.36. The van der Waals surface area contributed by atoms with E-state index in [0.717, 1.165) is 29.7 Å². The Kier molecular flexibility index (Phi) is 5.68. The van der Waals surface area contributed by atoms with Gasteiger partial charge in [0.1, 0.15) is 5.82 Å². The second kappa shape index (κ2) is 7.05. The van der Waals surface area contributed by atoms with Gasteiger partial charge in [0.15, 0.2) is 0 Å². The zero-order valence-electron chi connectivity index (χ0n) is 9.66. The molecule has 1 aromatic heterocycles. The van der Waals surface area contributed by atoms with Crippen LogP contribution in [-0.4, -0.2) is 29.5 Å². The monoisotopic (exact) mass is 301 g/mol. The van der Waals surface area contributed by atoms with E-state index in [-0.39, 0.29) is 5.91 Å². The maximum absolute atomic E-state index is 10.5. The van der Waals surface area contributed by atoms with Crippen LogP contribution in [0.25, 0.3) is 0 Å². The summed E-state index contributed by atoms with van der Waals surface area (Å²) in [5, 5.41) is 6.04. The van der Waals surface area contributed by atoms with Gasteiger partial charge in [-0.25, -0.2) is 4.98 Å². The zero-order chi connectivity index (χ0) is 12.7. The summed E-state index contributed by atoms with van der Waals surface area (Å²) < 4.78 is 0.811. The molecule has 17 heavy (non-hydrogen) atoms. The quantitative estimate of drug-likeness (QED) is 0.661. The van der Waals surface area contributed by atoms with Crippen molar-refractivity contribution in [2.24, 2.45) is 5.73 Å². The van der Waals surface area contributed by atoms with Gasteiger partial charge in [-0.05, 0) is 28.8 Å². The number of aromatic nitrogens is 2. The highest BCUT2D eigenvalue weighted by atomic mass is 79.9. The van der Waals surface area contributed by atoms with E-state index in [1.807, 2.05) is 0 Å². The molecule has 0 spiro atoms. The first-order chi connectivity index (χ1) is 8.13. The number of nitrogens with zero attached hydrogens (tertiary/aromatic N) is 2. The highest BCUT2D eigenvalue weighted by Gasteiger charge is 2.03. The van der Waals surface area contributed by atoms with Gasteiger partial charge in [-0.2, -0.15) is 4.98 Å². The van der Waals surface area contributed by atoms with Crippen LogP contribution >= 0.6 is 15.9 Å². The molecule has 1 aromatic rings. The first-order valence-electron chi connectivity index (χ1n) is 5.36. The molecular formula is C10H16BrN5O. The number of hydrogen-bond donors (Lipinski definition) is 3. The molecule has 1 heterocycles. The van der Waals surface area contributed by atoms with Crippen molar-refractivity contribution in [2.75, 3.05) is 24.2 Å². The second-order valence-electron chi connectivity index (χ2n) is 3.49. The molecule has 0 unspecified atom stereocenters. The molecule has 0 aliphatic heterocycles. The lowest BCUT2D eigenvalue weighted by Crippen LogP contribution is -2.11. The van der Waals surface area contributed by atoms with Gasteiger partial charge >= 0.3 is 0 Å². The lowest BCUT2D eigenvalue weighted by molar-refractivity contribution is -0.118. The van der Waals surface area contributed by atoms with Gasteiger partial charge in [-0.15, -0.1) is 0 Å². The van der Waals surface area contributed by atoms with E-state index in [0.29, 0.717) is 12.4 Å². The standard InChI is InChI=1S/C10H16BrN5O/c1-13-10-15-6-7(11)9(16-10)14-5-3-2-4-8(12)17/h6H,2-5H2,1H3,(H2,12,17)(H2,13,14,15,16). The van der Waals surface area contributed by atoms with Gasteiger partial charge in [-0.1, -0.05) is 0 Å². The van der Waals surface area contributed by atoms with Gasteiger partial charge in [0.25, 0.3) is 0 Å². The third-order valence-electron chi connectivity index (χ3n) is 2.11. The predicted molar refractivity (Wildman–Crippen MR) is 70.8 cm³/mol. The van der Waals surface area contributed by atoms with Crippen LogP contribution in [0.4, 0.5) is 11.8 Å². The molecule has 94 valence electrons. The van der Waals surface area contributed by atoms with Crippen molar-refractivity contribution < 1.29 is 4.79 Å². The van der Waals surface area contributed by atoms with Crippen LogP contribution < -0.4 is 16.4 Å². The number of anilines is 2. The summed E-state index contributed by atoms with van der Waals surface area (Å²) in [6, 6.07) is 0. The fourth-order valence-corrected chi connectivity index (χ4v) is 1.57. The summed E-state index contributed by atoms with van der Waals surface area (Å²) in [5.74, 6) is 1.04. The molecule has 1 amide bonds. The maximum Gasteiger partial charge on any atom is 0.224 e. The van der Waals surface area contributed by atoms with Crippen LogP contribution in [0.1, 0.15) is 19.3 Å². The van der Waals surface area contributed by atoms with Gasteiger partial charge in [0, 0.05) is 26.2 Å². The Morgan fingerprint density at radius 1 is 1.53 bits per heavy atom. The van der Waals surface area contributed by atoms with E-state index in [9.17, 15) is 4.79 Å². The highest BCUT2D eigenvalue weighted by Crippen LogP contribution is 2.19. The summed E-state index contributed by atoms with van der Waals surface area (Å²) in [6.45, 7) is 0.742. The summed E-state index contributed by atoms with van der Waals surface area (Å²) in [4.78, 5) is 18.8. The molecule has 0 bridgehead atoms. The Bertz CT molecular complexity index is 385. The number of nitrogens with two attached hydrogens (primary N) is 1. The van der Waals surface area contributed by atoms with Crippen molar-refractivity contribution in [3.8, 4) is 0 Å². The van der Waals surface area contributed by atoms with Crippen molar-refractivity contribution >= 4 is 33.6 Å². The van der Waals surface area contributed by atoms with Crippen LogP contribution in [0.15, 0.2) is 10.7 Å². The van der Waals surface area contributed by atoms with Crippen molar-refractivity contribution in [1.82, 2.24) is 9.97 Å². The molecule has 4 N–H and O–H groups in total. The molecule has 0 saturated carbocycles. The number of hydrogen-bond acceptors (Lipinski definition) is 5. The normalized spacial score (nSPS) is 10.0. The van der Waals surface area contributed by atoms with Crippen LogP contribution in [0.5, 0.6) is 0 Å². The number of nitrogens with one attached hydrogen (secondary N) is 2. The summed E-state index contributed by atoms with van der Waals surface area (Å²) in [6.07, 6.45) is 3.76. The highest BCUT2D eigenvalue weighted by molar-refractivity contribution is 9.10. The SMILES string of the molecule is CNc1ncc(Br)c(NCCCCC(N)=O)n1. The van der Waals surface area contributed by atoms with Crippen molar-refractivity contribution in [2.45, 2.75) is 19.3 Å². The molecule has 0 saturated heterocycles. The maximum atomic E-state index is 10.5. The molecular weight excluding hydrogens is 286 g/mol. The first-order valence-corrected chi connectivity index (χ1v) is 6.15. The zero-order valence-corrected chi connectivity index (χ0v) is 11.2. The first kappa shape index (κ1) is 13.7. The number of rotatable bonds is 7. The van der Waals surface area contributed by atoms with Crippen LogP contribution in [0.2, 0.25) is 0 Å². The Morgan fingerprint density at radius 3 is 2.94 bits per heavy atom. The second-order valence-corrected chi connectivity index (χ2v) is 4.34. The van der Waals surface area contributed by atoms with E-state index in [2.05, 4.69) is 36.5 Å². The smallest absolute Gasteiger partial charge is 0.224 e. The van der Waals surface area contributed by atoms with Crippen molar-refractivity contribution in [3.05, 3.63) is 10.7 Å². The fraction of sp³-hybridized carbons (Fsp3) is 0.500. The van der Waals surface area contributed by atoms with Gasteiger partial charge in [-0.3, -0.25) is 4.79 Å². The summed E-state index contributed by atoms with van der Waals surface area (Å²) in [5.41, 5.74) is 5.05. The minimum absolute atomic E-state index is 0.259. The lowest BCUT2D eigenvalue weighted by atomic mass is 10.2. The average molecular weight is 302 g/mol. The molecule has 6 nitrogen and oxygen atoms in total. The lowest BCUT2D eigenvalue weighted by Gasteiger charge is -2.08. The summed E-state index contributed by atoms with van der Waals surface area (Å²) in [7, 11) is 1.76. The number of primary amides is 1. The Labute approximate surface area is 109 Å². The van der Waals surface area contributed by atoms with E-state index < -0.39 is 0 Å². The van der Waals surface area contributed by atoms with Gasteiger partial charge in [0.05, 0.1) is 4.47 Å². The van der Waals surface area contributed by atoms with Gasteiger partial charge < -0.3 is 16.4 Å². The third-order valence-corrected chi connectivity index (χ3v) is 2.69. The average Bonchev–Trinajstić information content (AvgIpc) is 2.30. The van der Waals surface area contributed by atoms with E-state index >= 15 is 0 Å². The van der Waals surface area contributed by atoms with E-state index in [1.165, 1.54) is 0 Å². The molecule has 0 atom stereocenters. The van der Waals surface area contributed by atoms with E-state index in [1.54, 1.807) is 13.2 Å². The Balaban J connectivity index is 2.38. The van der Waals surface area contributed by atoms with Crippen LogP contribution in [0, 0.1) is 0 Å². The molecule has 0 aromatic carbocycles. The number of halogens is 1. The molecule has 1 rings (SSSR count). The molecule has 0 aliphatic carbocycles. The minimum Gasteiger partial charge on any atom is -0.370 e. The molecule has 7 heteroatoms. The Morgan fingerprint density at radius 2 is 2.29 bits per heavy atom. The number of carbonyl (C=O) groups excluding carboxylic acids is 1. The van der Waals surface area contributed by atoms with Gasteiger partial charge in [0.2, 0.25) is 11.9 Å².